The van der Waals surface area contributed by atoms with Crippen LogP contribution in [0.5, 0.6) is 5.75 Å². The number of para-hydroxylation sites is 2. The highest BCUT2D eigenvalue weighted by atomic mass is 19.1. The summed E-state index contributed by atoms with van der Waals surface area (Å²) < 4.78 is 18.5. The molecule has 0 unspecified atom stereocenters. The molecule has 130 valence electrons. The number of primary amides is 1. The lowest BCUT2D eigenvalue weighted by molar-refractivity contribution is -0.118. The van der Waals surface area contributed by atoms with Gasteiger partial charge in [-0.2, -0.15) is 0 Å². The van der Waals surface area contributed by atoms with Crippen molar-refractivity contribution in [2.24, 2.45) is 5.73 Å². The molecule has 25 heavy (non-hydrogen) atoms. The summed E-state index contributed by atoms with van der Waals surface area (Å²) in [6.07, 6.45) is 2.85. The predicted molar refractivity (Wildman–Crippen MR) is 94.6 cm³/mol. The van der Waals surface area contributed by atoms with Crippen molar-refractivity contribution in [1.29, 1.82) is 0 Å². The fourth-order valence-electron chi connectivity index (χ4n) is 2.29. The zero-order valence-corrected chi connectivity index (χ0v) is 13.8. The van der Waals surface area contributed by atoms with E-state index in [1.54, 1.807) is 36.4 Å². The van der Waals surface area contributed by atoms with Crippen molar-refractivity contribution in [3.05, 3.63) is 66.0 Å². The number of carbonyl (C=O) groups is 2. The molecule has 2 amide bonds. The quantitative estimate of drug-likeness (QED) is 0.787. The number of halogens is 1. The second kappa shape index (κ2) is 8.63. The summed E-state index contributed by atoms with van der Waals surface area (Å²) >= 11 is 0. The van der Waals surface area contributed by atoms with Crippen LogP contribution < -0.4 is 15.4 Å². The van der Waals surface area contributed by atoms with Gasteiger partial charge in [-0.3, -0.25) is 9.59 Å². The molecule has 2 rings (SSSR count). The van der Waals surface area contributed by atoms with Crippen molar-refractivity contribution in [1.82, 2.24) is 0 Å². The van der Waals surface area contributed by atoms with Crippen molar-refractivity contribution in [2.45, 2.75) is 6.42 Å². The van der Waals surface area contributed by atoms with Crippen molar-refractivity contribution in [3.63, 3.8) is 0 Å². The second-order valence-electron chi connectivity index (χ2n) is 5.27. The van der Waals surface area contributed by atoms with Gasteiger partial charge in [-0.15, -0.1) is 0 Å². The van der Waals surface area contributed by atoms with Crippen LogP contribution >= 0.6 is 0 Å². The Labute approximate surface area is 145 Å². The van der Waals surface area contributed by atoms with Crippen LogP contribution in [0, 0.1) is 5.82 Å². The van der Waals surface area contributed by atoms with Crippen molar-refractivity contribution in [3.8, 4) is 5.75 Å². The number of anilines is 1. The average Bonchev–Trinajstić information content (AvgIpc) is 2.60. The van der Waals surface area contributed by atoms with Crippen molar-refractivity contribution in [2.75, 3.05) is 18.6 Å². The molecule has 0 spiro atoms. The molecular formula is C19H19FN2O3. The number of carbonyl (C=O) groups excluding carboxylic acids is 2. The van der Waals surface area contributed by atoms with Gasteiger partial charge in [0.2, 0.25) is 5.91 Å². The van der Waals surface area contributed by atoms with Gasteiger partial charge in [-0.25, -0.2) is 4.39 Å². The molecular weight excluding hydrogens is 323 g/mol. The molecule has 0 aliphatic heterocycles. The summed E-state index contributed by atoms with van der Waals surface area (Å²) in [6.45, 7) is 0.113. The first-order chi connectivity index (χ1) is 12.0. The summed E-state index contributed by atoms with van der Waals surface area (Å²) in [7, 11) is 1.50. The summed E-state index contributed by atoms with van der Waals surface area (Å²) in [6, 6.07) is 12.9. The van der Waals surface area contributed by atoms with Crippen LogP contribution in [0.2, 0.25) is 0 Å². The third kappa shape index (κ3) is 5.17. The Morgan fingerprint density at radius 2 is 1.96 bits per heavy atom. The first kappa shape index (κ1) is 18.2. The first-order valence-electron chi connectivity index (χ1n) is 7.67. The third-order valence-corrected chi connectivity index (χ3v) is 3.49. The number of methoxy groups -OCH3 is 1. The van der Waals surface area contributed by atoms with E-state index in [4.69, 9.17) is 10.5 Å². The Bertz CT molecular complexity index is 790. The predicted octanol–water partition coefficient (Wildman–Crippen LogP) is 2.76. The maximum absolute atomic E-state index is 13.2. The van der Waals surface area contributed by atoms with Gasteiger partial charge in [0.15, 0.2) is 0 Å². The molecule has 0 aliphatic rings. The SMILES string of the molecule is COc1ccccc1N(CCC(N)=O)C(=O)C=Cc1cccc(F)c1. The molecule has 2 aromatic carbocycles. The lowest BCUT2D eigenvalue weighted by atomic mass is 10.2. The number of benzene rings is 2. The normalized spacial score (nSPS) is 10.6. The Hall–Kier alpha value is -3.15. The highest BCUT2D eigenvalue weighted by Gasteiger charge is 2.17. The molecule has 0 aromatic heterocycles. The molecule has 2 aromatic rings. The van der Waals surface area contributed by atoms with Crippen LogP contribution in [0.1, 0.15) is 12.0 Å². The average molecular weight is 342 g/mol. The standard InChI is InChI=1S/C19H19FN2O3/c1-25-17-8-3-2-7-16(17)22(12-11-18(21)23)19(24)10-9-14-5-4-6-15(20)13-14/h2-10,13H,11-12H2,1H3,(H2,21,23). The minimum absolute atomic E-state index is 0.0115. The largest absolute Gasteiger partial charge is 0.495 e. The molecule has 0 heterocycles. The summed E-state index contributed by atoms with van der Waals surface area (Å²) in [5.74, 6) is -0.763. The summed E-state index contributed by atoms with van der Waals surface area (Å²) in [4.78, 5) is 25.1. The van der Waals surface area contributed by atoms with Gasteiger partial charge in [0, 0.05) is 19.0 Å². The maximum Gasteiger partial charge on any atom is 0.251 e. The third-order valence-electron chi connectivity index (χ3n) is 3.49. The Morgan fingerprint density at radius 1 is 1.20 bits per heavy atom. The molecule has 0 saturated heterocycles. The minimum Gasteiger partial charge on any atom is -0.495 e. The Balaban J connectivity index is 2.28. The summed E-state index contributed by atoms with van der Waals surface area (Å²) in [5, 5.41) is 0. The number of amides is 2. The zero-order valence-electron chi connectivity index (χ0n) is 13.8. The van der Waals surface area contributed by atoms with Crippen molar-refractivity contribution < 1.29 is 18.7 Å². The number of nitrogens with two attached hydrogens (primary N) is 1. The lowest BCUT2D eigenvalue weighted by Gasteiger charge is -2.23. The van der Waals surface area contributed by atoms with E-state index in [0.717, 1.165) is 0 Å². The van der Waals surface area contributed by atoms with Gasteiger partial charge in [0.1, 0.15) is 11.6 Å². The number of hydrogen-bond acceptors (Lipinski definition) is 3. The topological polar surface area (TPSA) is 72.6 Å². The first-order valence-corrected chi connectivity index (χ1v) is 7.67. The summed E-state index contributed by atoms with van der Waals surface area (Å²) in [5.41, 5.74) is 6.29. The molecule has 0 aliphatic carbocycles. The lowest BCUT2D eigenvalue weighted by Crippen LogP contribution is -2.33. The minimum atomic E-state index is -0.512. The molecule has 2 N–H and O–H groups in total. The van der Waals surface area contributed by atoms with Gasteiger partial charge in [-0.05, 0) is 35.9 Å². The molecule has 5 nitrogen and oxygen atoms in total. The van der Waals surface area contributed by atoms with Crippen molar-refractivity contribution >= 4 is 23.6 Å². The van der Waals surface area contributed by atoms with Gasteiger partial charge in [0.25, 0.3) is 5.91 Å². The number of hydrogen-bond donors (Lipinski definition) is 1. The highest BCUT2D eigenvalue weighted by Crippen LogP contribution is 2.28. The van der Waals surface area contributed by atoms with Gasteiger partial charge >= 0.3 is 0 Å². The second-order valence-corrected chi connectivity index (χ2v) is 5.27. The van der Waals surface area contributed by atoms with E-state index < -0.39 is 5.91 Å². The number of ether oxygens (including phenoxy) is 1. The van der Waals surface area contributed by atoms with Gasteiger partial charge < -0.3 is 15.4 Å². The van der Waals surface area contributed by atoms with E-state index >= 15 is 0 Å². The van der Waals surface area contributed by atoms with E-state index in [1.165, 1.54) is 36.3 Å². The number of rotatable bonds is 7. The molecule has 0 saturated carbocycles. The zero-order chi connectivity index (χ0) is 18.2. The van der Waals surface area contributed by atoms with Crippen LogP contribution in [0.15, 0.2) is 54.6 Å². The van der Waals surface area contributed by atoms with Crippen LogP contribution in [-0.4, -0.2) is 25.5 Å². The Kier molecular flexibility index (Phi) is 6.28. The number of nitrogens with zero attached hydrogens (tertiary/aromatic N) is 1. The monoisotopic (exact) mass is 342 g/mol. The molecule has 0 fully saturated rings. The van der Waals surface area contributed by atoms with Crippen LogP contribution in [0.25, 0.3) is 6.08 Å². The van der Waals surface area contributed by atoms with Crippen LogP contribution in [0.4, 0.5) is 10.1 Å². The van der Waals surface area contributed by atoms with Crippen LogP contribution in [-0.2, 0) is 9.59 Å². The maximum atomic E-state index is 13.2. The fourth-order valence-corrected chi connectivity index (χ4v) is 2.29. The molecule has 0 bridgehead atoms. The highest BCUT2D eigenvalue weighted by molar-refractivity contribution is 6.05. The van der Waals surface area contributed by atoms with E-state index in [1.807, 2.05) is 0 Å². The fraction of sp³-hybridized carbons (Fsp3) is 0.158. The smallest absolute Gasteiger partial charge is 0.251 e. The Morgan fingerprint density at radius 3 is 2.64 bits per heavy atom. The van der Waals surface area contributed by atoms with E-state index in [0.29, 0.717) is 17.0 Å². The van der Waals surface area contributed by atoms with E-state index in [-0.39, 0.29) is 24.7 Å². The van der Waals surface area contributed by atoms with Gasteiger partial charge in [-0.1, -0.05) is 24.3 Å². The molecule has 0 radical (unpaired) electrons. The van der Waals surface area contributed by atoms with E-state index in [2.05, 4.69) is 0 Å². The van der Waals surface area contributed by atoms with Gasteiger partial charge in [0.05, 0.1) is 12.8 Å². The molecule has 6 heteroatoms. The van der Waals surface area contributed by atoms with E-state index in [9.17, 15) is 14.0 Å². The van der Waals surface area contributed by atoms with Crippen LogP contribution in [0.3, 0.4) is 0 Å². The molecule has 0 atom stereocenters.